The van der Waals surface area contributed by atoms with Crippen LogP contribution in [0.4, 0.5) is 0 Å². The number of halogens is 1. The standard InChI is InChI=1S/C16H16ClNO/c17-13-6-9-16(19-15-4-2-1-3-5-15)12(10-13)11-18-14-7-8-14/h1-6,9-10,14,18H,7-8,11H2. The van der Waals surface area contributed by atoms with E-state index < -0.39 is 0 Å². The van der Waals surface area contributed by atoms with Gasteiger partial charge in [-0.15, -0.1) is 0 Å². The van der Waals surface area contributed by atoms with Crippen molar-refractivity contribution in [3.63, 3.8) is 0 Å². The normalized spacial score (nSPS) is 14.4. The molecule has 1 aliphatic rings. The molecule has 1 fully saturated rings. The number of para-hydroxylation sites is 1. The highest BCUT2D eigenvalue weighted by Gasteiger charge is 2.20. The van der Waals surface area contributed by atoms with Crippen LogP contribution in [0.1, 0.15) is 18.4 Å². The lowest BCUT2D eigenvalue weighted by Crippen LogP contribution is -2.15. The Morgan fingerprint density at radius 1 is 1.11 bits per heavy atom. The van der Waals surface area contributed by atoms with E-state index in [0.717, 1.165) is 28.6 Å². The first-order valence-electron chi connectivity index (χ1n) is 6.56. The molecular weight excluding hydrogens is 258 g/mol. The number of hydrogen-bond acceptors (Lipinski definition) is 2. The van der Waals surface area contributed by atoms with Crippen molar-refractivity contribution in [3.05, 3.63) is 59.1 Å². The molecule has 0 heterocycles. The fraction of sp³-hybridized carbons (Fsp3) is 0.250. The van der Waals surface area contributed by atoms with Crippen LogP contribution in [0.2, 0.25) is 5.02 Å². The highest BCUT2D eigenvalue weighted by molar-refractivity contribution is 6.30. The Kier molecular flexibility index (Phi) is 3.72. The summed E-state index contributed by atoms with van der Waals surface area (Å²) >= 11 is 6.07. The molecule has 1 aliphatic carbocycles. The van der Waals surface area contributed by atoms with Gasteiger partial charge in [0.1, 0.15) is 11.5 Å². The number of hydrogen-bond donors (Lipinski definition) is 1. The number of benzene rings is 2. The van der Waals surface area contributed by atoms with E-state index in [1.807, 2.05) is 48.5 Å². The molecule has 2 aromatic carbocycles. The molecule has 3 heteroatoms. The van der Waals surface area contributed by atoms with Gasteiger partial charge in [0, 0.05) is 23.2 Å². The van der Waals surface area contributed by atoms with E-state index in [-0.39, 0.29) is 0 Å². The summed E-state index contributed by atoms with van der Waals surface area (Å²) in [5.41, 5.74) is 1.10. The first-order chi connectivity index (χ1) is 9.31. The molecule has 0 radical (unpaired) electrons. The highest BCUT2D eigenvalue weighted by Crippen LogP contribution is 2.29. The van der Waals surface area contributed by atoms with Gasteiger partial charge in [-0.3, -0.25) is 0 Å². The van der Waals surface area contributed by atoms with E-state index in [9.17, 15) is 0 Å². The molecule has 0 amide bonds. The topological polar surface area (TPSA) is 21.3 Å². The van der Waals surface area contributed by atoms with Crippen LogP contribution in [-0.2, 0) is 6.54 Å². The molecule has 19 heavy (non-hydrogen) atoms. The van der Waals surface area contributed by atoms with Crippen LogP contribution in [0.25, 0.3) is 0 Å². The summed E-state index contributed by atoms with van der Waals surface area (Å²) in [5, 5.41) is 4.23. The lowest BCUT2D eigenvalue weighted by atomic mass is 10.2. The van der Waals surface area contributed by atoms with Crippen molar-refractivity contribution in [2.75, 3.05) is 0 Å². The van der Waals surface area contributed by atoms with E-state index in [4.69, 9.17) is 16.3 Å². The van der Waals surface area contributed by atoms with Gasteiger partial charge in [0.2, 0.25) is 0 Å². The van der Waals surface area contributed by atoms with Gasteiger partial charge in [0.15, 0.2) is 0 Å². The van der Waals surface area contributed by atoms with Gasteiger partial charge in [-0.25, -0.2) is 0 Å². The molecule has 0 aliphatic heterocycles. The van der Waals surface area contributed by atoms with Crippen molar-refractivity contribution >= 4 is 11.6 Å². The minimum atomic E-state index is 0.670. The lowest BCUT2D eigenvalue weighted by molar-refractivity contribution is 0.472. The van der Waals surface area contributed by atoms with Gasteiger partial charge in [0.05, 0.1) is 0 Å². The molecule has 2 nitrogen and oxygen atoms in total. The highest BCUT2D eigenvalue weighted by atomic mass is 35.5. The lowest BCUT2D eigenvalue weighted by Gasteiger charge is -2.12. The van der Waals surface area contributed by atoms with Gasteiger partial charge < -0.3 is 10.1 Å². The van der Waals surface area contributed by atoms with Crippen LogP contribution in [0.3, 0.4) is 0 Å². The summed E-state index contributed by atoms with van der Waals surface area (Å²) in [6.07, 6.45) is 2.55. The molecule has 98 valence electrons. The fourth-order valence-corrected chi connectivity index (χ4v) is 2.14. The largest absolute Gasteiger partial charge is 0.457 e. The smallest absolute Gasteiger partial charge is 0.132 e. The van der Waals surface area contributed by atoms with Crippen LogP contribution in [0.15, 0.2) is 48.5 Å². The third kappa shape index (κ3) is 3.49. The molecule has 0 atom stereocenters. The first-order valence-corrected chi connectivity index (χ1v) is 6.94. The van der Waals surface area contributed by atoms with Crippen molar-refractivity contribution in [2.24, 2.45) is 0 Å². The third-order valence-electron chi connectivity index (χ3n) is 3.15. The zero-order valence-electron chi connectivity index (χ0n) is 10.6. The quantitative estimate of drug-likeness (QED) is 0.873. The Balaban J connectivity index is 1.78. The summed E-state index contributed by atoms with van der Waals surface area (Å²) in [6.45, 7) is 0.799. The maximum Gasteiger partial charge on any atom is 0.132 e. The van der Waals surface area contributed by atoms with Crippen LogP contribution >= 0.6 is 11.6 Å². The minimum Gasteiger partial charge on any atom is -0.457 e. The summed E-state index contributed by atoms with van der Waals surface area (Å²) in [7, 11) is 0. The van der Waals surface area contributed by atoms with Crippen molar-refractivity contribution in [1.82, 2.24) is 5.32 Å². The minimum absolute atomic E-state index is 0.670. The van der Waals surface area contributed by atoms with Crippen molar-refractivity contribution < 1.29 is 4.74 Å². The average molecular weight is 274 g/mol. The maximum atomic E-state index is 6.07. The van der Waals surface area contributed by atoms with Crippen LogP contribution in [0.5, 0.6) is 11.5 Å². The second kappa shape index (κ2) is 5.64. The van der Waals surface area contributed by atoms with Gasteiger partial charge in [0.25, 0.3) is 0 Å². The molecule has 2 aromatic rings. The van der Waals surface area contributed by atoms with Crippen LogP contribution < -0.4 is 10.1 Å². The molecule has 0 aromatic heterocycles. The van der Waals surface area contributed by atoms with E-state index in [1.54, 1.807) is 0 Å². The fourth-order valence-electron chi connectivity index (χ4n) is 1.94. The molecule has 1 N–H and O–H groups in total. The molecule has 0 bridgehead atoms. The second-order valence-corrected chi connectivity index (χ2v) is 5.26. The van der Waals surface area contributed by atoms with Crippen LogP contribution in [0, 0.1) is 0 Å². The molecule has 0 spiro atoms. The molecular formula is C16H16ClNO. The Hall–Kier alpha value is -1.51. The molecule has 0 unspecified atom stereocenters. The van der Waals surface area contributed by atoms with Crippen molar-refractivity contribution in [2.45, 2.75) is 25.4 Å². The van der Waals surface area contributed by atoms with E-state index in [0.29, 0.717) is 6.04 Å². The van der Waals surface area contributed by atoms with E-state index >= 15 is 0 Å². The average Bonchev–Trinajstić information content (AvgIpc) is 3.24. The van der Waals surface area contributed by atoms with Gasteiger partial charge in [-0.05, 0) is 43.2 Å². The van der Waals surface area contributed by atoms with Crippen molar-refractivity contribution in [1.29, 1.82) is 0 Å². The zero-order valence-corrected chi connectivity index (χ0v) is 11.4. The van der Waals surface area contributed by atoms with E-state index in [2.05, 4.69) is 5.32 Å². The molecule has 3 rings (SSSR count). The van der Waals surface area contributed by atoms with Gasteiger partial charge >= 0.3 is 0 Å². The summed E-state index contributed by atoms with van der Waals surface area (Å²) in [5.74, 6) is 1.71. The second-order valence-electron chi connectivity index (χ2n) is 4.82. The molecule has 0 saturated heterocycles. The Morgan fingerprint density at radius 2 is 1.89 bits per heavy atom. The summed E-state index contributed by atoms with van der Waals surface area (Å²) < 4.78 is 5.92. The van der Waals surface area contributed by atoms with Crippen molar-refractivity contribution in [3.8, 4) is 11.5 Å². The number of nitrogens with one attached hydrogen (secondary N) is 1. The number of ether oxygens (including phenoxy) is 1. The maximum absolute atomic E-state index is 6.07. The molecule has 1 saturated carbocycles. The van der Waals surface area contributed by atoms with Gasteiger partial charge in [-0.1, -0.05) is 29.8 Å². The Labute approximate surface area is 118 Å². The Morgan fingerprint density at radius 3 is 2.63 bits per heavy atom. The summed E-state index contributed by atoms with van der Waals surface area (Å²) in [4.78, 5) is 0. The van der Waals surface area contributed by atoms with Gasteiger partial charge in [-0.2, -0.15) is 0 Å². The predicted octanol–water partition coefficient (Wildman–Crippen LogP) is 4.38. The third-order valence-corrected chi connectivity index (χ3v) is 3.39. The van der Waals surface area contributed by atoms with E-state index in [1.165, 1.54) is 12.8 Å². The zero-order chi connectivity index (χ0) is 13.1. The monoisotopic (exact) mass is 273 g/mol. The first kappa shape index (κ1) is 12.5. The summed E-state index contributed by atoms with van der Waals surface area (Å²) in [6, 6.07) is 16.2. The predicted molar refractivity (Wildman–Crippen MR) is 77.8 cm³/mol. The SMILES string of the molecule is Clc1ccc(Oc2ccccc2)c(CNC2CC2)c1. The number of rotatable bonds is 5. The Bertz CT molecular complexity index is 552. The van der Waals surface area contributed by atoms with Crippen LogP contribution in [-0.4, -0.2) is 6.04 Å².